The van der Waals surface area contributed by atoms with Gasteiger partial charge in [0.05, 0.1) is 0 Å². The summed E-state index contributed by atoms with van der Waals surface area (Å²) in [6.07, 6.45) is 1.07. The maximum Gasteiger partial charge on any atom is 0.252 e. The van der Waals surface area contributed by atoms with E-state index in [9.17, 15) is 13.2 Å². The Morgan fingerprint density at radius 1 is 1.44 bits per heavy atom. The lowest BCUT2D eigenvalue weighted by molar-refractivity contribution is -0.126. The summed E-state index contributed by atoms with van der Waals surface area (Å²) >= 11 is 1.14. The highest BCUT2D eigenvalue weighted by Gasteiger charge is 2.33. The Kier molecular flexibility index (Phi) is 5.21. The fraction of sp³-hybridized carbons (Fsp3) is 0.533. The molecule has 0 aromatic carbocycles. The zero-order valence-corrected chi connectivity index (χ0v) is 15.7. The summed E-state index contributed by atoms with van der Waals surface area (Å²) in [4.78, 5) is 16.0. The standard InChI is InChI=1S/C15H20N4O4S2/c1-3-16-15(20)11-4-6-19(7-5-11)25(21,22)13-8-12(9-24-13)14-17-10(2)23-18-14/h8-9,11H,3-7H2,1-2H3,(H,16,20). The Bertz CT molecular complexity index is 851. The average Bonchev–Trinajstić information content (AvgIpc) is 3.24. The molecule has 1 amide bonds. The van der Waals surface area contributed by atoms with Crippen molar-refractivity contribution in [3.8, 4) is 11.4 Å². The number of amides is 1. The van der Waals surface area contributed by atoms with Crippen molar-refractivity contribution in [1.82, 2.24) is 19.8 Å². The Labute approximate surface area is 150 Å². The highest BCUT2D eigenvalue weighted by atomic mass is 32.2. The lowest BCUT2D eigenvalue weighted by Crippen LogP contribution is -2.42. The van der Waals surface area contributed by atoms with E-state index in [1.54, 1.807) is 18.4 Å². The Morgan fingerprint density at radius 3 is 2.76 bits per heavy atom. The smallest absolute Gasteiger partial charge is 0.252 e. The van der Waals surface area contributed by atoms with Crippen molar-refractivity contribution < 1.29 is 17.7 Å². The maximum absolute atomic E-state index is 12.8. The number of nitrogens with one attached hydrogen (secondary N) is 1. The van der Waals surface area contributed by atoms with Crippen molar-refractivity contribution >= 4 is 27.3 Å². The molecule has 1 N–H and O–H groups in total. The molecule has 10 heteroatoms. The molecule has 8 nitrogen and oxygen atoms in total. The molecule has 136 valence electrons. The quantitative estimate of drug-likeness (QED) is 0.840. The molecule has 25 heavy (non-hydrogen) atoms. The van der Waals surface area contributed by atoms with Crippen LogP contribution >= 0.6 is 11.3 Å². The van der Waals surface area contributed by atoms with Crippen LogP contribution in [0.25, 0.3) is 11.4 Å². The van der Waals surface area contributed by atoms with Crippen molar-refractivity contribution in [2.75, 3.05) is 19.6 Å². The van der Waals surface area contributed by atoms with Crippen LogP contribution in [0.1, 0.15) is 25.7 Å². The van der Waals surface area contributed by atoms with Crippen molar-refractivity contribution in [2.45, 2.75) is 30.9 Å². The van der Waals surface area contributed by atoms with Gasteiger partial charge in [-0.3, -0.25) is 4.79 Å². The highest BCUT2D eigenvalue weighted by molar-refractivity contribution is 7.91. The molecule has 2 aromatic heterocycles. The van der Waals surface area contributed by atoms with Crippen LogP contribution in [-0.4, -0.2) is 48.4 Å². The predicted octanol–water partition coefficient (Wildman–Crippen LogP) is 1.64. The lowest BCUT2D eigenvalue weighted by Gasteiger charge is -2.30. The van der Waals surface area contributed by atoms with Crippen LogP contribution in [0.5, 0.6) is 0 Å². The highest BCUT2D eigenvalue weighted by Crippen LogP contribution is 2.31. The summed E-state index contributed by atoms with van der Waals surface area (Å²) in [7, 11) is -3.57. The van der Waals surface area contributed by atoms with E-state index in [-0.39, 0.29) is 16.0 Å². The molecule has 0 aliphatic carbocycles. The molecule has 0 unspecified atom stereocenters. The second-order valence-corrected chi connectivity index (χ2v) is 8.94. The van der Waals surface area contributed by atoms with Crippen molar-refractivity contribution in [3.63, 3.8) is 0 Å². The monoisotopic (exact) mass is 384 g/mol. The van der Waals surface area contributed by atoms with Gasteiger partial charge in [0.1, 0.15) is 4.21 Å². The number of carbonyl (C=O) groups is 1. The summed E-state index contributed by atoms with van der Waals surface area (Å²) < 4.78 is 32.2. The molecule has 0 spiro atoms. The normalized spacial score (nSPS) is 16.9. The second-order valence-electron chi connectivity index (χ2n) is 5.86. The maximum atomic E-state index is 12.8. The van der Waals surface area contributed by atoms with Gasteiger partial charge < -0.3 is 9.84 Å². The van der Waals surface area contributed by atoms with Gasteiger partial charge in [-0.1, -0.05) is 5.16 Å². The van der Waals surface area contributed by atoms with E-state index in [2.05, 4.69) is 15.5 Å². The molecule has 1 fully saturated rings. The number of rotatable bonds is 5. The average molecular weight is 384 g/mol. The van der Waals surface area contributed by atoms with Gasteiger partial charge in [-0.2, -0.15) is 9.29 Å². The molecule has 0 atom stereocenters. The number of sulfonamides is 1. The Hall–Kier alpha value is -1.78. The van der Waals surface area contributed by atoms with Crippen LogP contribution in [-0.2, 0) is 14.8 Å². The first-order chi connectivity index (χ1) is 11.9. The van der Waals surface area contributed by atoms with Gasteiger partial charge in [0.15, 0.2) is 0 Å². The number of aromatic nitrogens is 2. The van der Waals surface area contributed by atoms with E-state index in [0.29, 0.717) is 49.8 Å². The summed E-state index contributed by atoms with van der Waals surface area (Å²) in [6, 6.07) is 1.57. The Balaban J connectivity index is 1.71. The minimum atomic E-state index is -3.57. The third kappa shape index (κ3) is 3.75. The van der Waals surface area contributed by atoms with E-state index < -0.39 is 10.0 Å². The van der Waals surface area contributed by atoms with E-state index in [0.717, 1.165) is 11.3 Å². The van der Waals surface area contributed by atoms with Crippen LogP contribution in [0.2, 0.25) is 0 Å². The van der Waals surface area contributed by atoms with Crippen LogP contribution < -0.4 is 5.32 Å². The van der Waals surface area contributed by atoms with E-state index in [4.69, 9.17) is 4.52 Å². The van der Waals surface area contributed by atoms with E-state index in [1.807, 2.05) is 6.92 Å². The zero-order chi connectivity index (χ0) is 18.0. The van der Waals surface area contributed by atoms with Crippen LogP contribution in [0, 0.1) is 12.8 Å². The third-order valence-corrected chi connectivity index (χ3v) is 7.44. The molecule has 1 aliphatic heterocycles. The number of hydrogen-bond donors (Lipinski definition) is 1. The van der Waals surface area contributed by atoms with Crippen LogP contribution in [0.3, 0.4) is 0 Å². The van der Waals surface area contributed by atoms with Gasteiger partial charge in [0.25, 0.3) is 10.0 Å². The number of hydrogen-bond acceptors (Lipinski definition) is 7. The van der Waals surface area contributed by atoms with Crippen molar-refractivity contribution in [3.05, 3.63) is 17.3 Å². The minimum Gasteiger partial charge on any atom is -0.356 e. The first-order valence-electron chi connectivity index (χ1n) is 8.09. The first-order valence-corrected chi connectivity index (χ1v) is 10.4. The molecule has 0 radical (unpaired) electrons. The third-order valence-electron chi connectivity index (χ3n) is 4.13. The summed E-state index contributed by atoms with van der Waals surface area (Å²) in [6.45, 7) is 4.83. The van der Waals surface area contributed by atoms with E-state index >= 15 is 0 Å². The number of piperidine rings is 1. The molecule has 1 aliphatic rings. The SMILES string of the molecule is CCNC(=O)C1CCN(S(=O)(=O)c2cc(-c3noc(C)n3)cs2)CC1. The number of carbonyl (C=O) groups excluding carboxylic acids is 1. The van der Waals surface area contributed by atoms with Gasteiger partial charge in [0, 0.05) is 43.4 Å². The van der Waals surface area contributed by atoms with Crippen LogP contribution in [0.4, 0.5) is 0 Å². The molecule has 1 saturated heterocycles. The van der Waals surface area contributed by atoms with Crippen molar-refractivity contribution in [2.24, 2.45) is 5.92 Å². The number of nitrogens with zero attached hydrogens (tertiary/aromatic N) is 3. The molecule has 2 aromatic rings. The molecule has 3 rings (SSSR count). The lowest BCUT2D eigenvalue weighted by atomic mass is 9.97. The molecular weight excluding hydrogens is 364 g/mol. The predicted molar refractivity (Wildman–Crippen MR) is 92.5 cm³/mol. The summed E-state index contributed by atoms with van der Waals surface area (Å²) in [5.74, 6) is 0.696. The largest absolute Gasteiger partial charge is 0.356 e. The Morgan fingerprint density at radius 2 is 2.16 bits per heavy atom. The fourth-order valence-corrected chi connectivity index (χ4v) is 5.57. The van der Waals surface area contributed by atoms with Gasteiger partial charge >= 0.3 is 0 Å². The van der Waals surface area contributed by atoms with Gasteiger partial charge in [-0.15, -0.1) is 11.3 Å². The summed E-state index contributed by atoms with van der Waals surface area (Å²) in [5.41, 5.74) is 0.623. The molecule has 0 bridgehead atoms. The number of aryl methyl sites for hydroxylation is 1. The van der Waals surface area contributed by atoms with Crippen LogP contribution in [0.15, 0.2) is 20.2 Å². The topological polar surface area (TPSA) is 105 Å². The van der Waals surface area contributed by atoms with Crippen molar-refractivity contribution in [1.29, 1.82) is 0 Å². The molecule has 0 saturated carbocycles. The first kappa shape index (κ1) is 18.0. The van der Waals surface area contributed by atoms with Gasteiger partial charge in [-0.05, 0) is 25.8 Å². The molecular formula is C15H20N4O4S2. The number of thiophene rings is 1. The van der Waals surface area contributed by atoms with Gasteiger partial charge in [0.2, 0.25) is 17.6 Å². The molecule has 3 heterocycles. The summed E-state index contributed by atoms with van der Waals surface area (Å²) in [5, 5.41) is 8.31. The fourth-order valence-electron chi connectivity index (χ4n) is 2.79. The minimum absolute atomic E-state index is 0.00503. The van der Waals surface area contributed by atoms with Gasteiger partial charge in [-0.25, -0.2) is 8.42 Å². The van der Waals surface area contributed by atoms with E-state index in [1.165, 1.54) is 4.31 Å². The zero-order valence-electron chi connectivity index (χ0n) is 14.1. The second kappa shape index (κ2) is 7.22.